The number of imidazole rings is 1. The molecule has 0 saturated heterocycles. The third-order valence-electron chi connectivity index (χ3n) is 4.48. The standard InChI is InChI=1S/C21H19N5O2/c27-20(13-26-15-24-19-4-2-1-3-18(19)21(26)28)23-11-16-5-7-17(8-6-16)12-25-10-9-22-14-25/h1-10,14-15H,11-13H2,(H,23,27). The first-order chi connectivity index (χ1) is 13.7. The largest absolute Gasteiger partial charge is 0.350 e. The van der Waals surface area contributed by atoms with Gasteiger partial charge >= 0.3 is 0 Å². The van der Waals surface area contributed by atoms with Gasteiger partial charge in [0.25, 0.3) is 5.56 Å². The van der Waals surface area contributed by atoms with Crippen LogP contribution in [0.4, 0.5) is 0 Å². The second-order valence-corrected chi connectivity index (χ2v) is 6.52. The molecule has 0 aliphatic carbocycles. The maximum Gasteiger partial charge on any atom is 0.261 e. The van der Waals surface area contributed by atoms with Crippen LogP contribution in [0.5, 0.6) is 0 Å². The van der Waals surface area contributed by atoms with Crippen LogP contribution in [0.15, 0.2) is 78.4 Å². The van der Waals surface area contributed by atoms with E-state index in [1.807, 2.05) is 41.1 Å². The van der Waals surface area contributed by atoms with Gasteiger partial charge in [-0.1, -0.05) is 36.4 Å². The van der Waals surface area contributed by atoms with Crippen molar-refractivity contribution in [2.24, 2.45) is 0 Å². The van der Waals surface area contributed by atoms with Gasteiger partial charge in [-0.15, -0.1) is 0 Å². The van der Waals surface area contributed by atoms with E-state index in [1.54, 1.807) is 30.7 Å². The van der Waals surface area contributed by atoms with Crippen LogP contribution in [0.3, 0.4) is 0 Å². The molecule has 0 spiro atoms. The normalized spacial score (nSPS) is 10.9. The highest BCUT2D eigenvalue weighted by atomic mass is 16.2. The maximum atomic E-state index is 12.4. The highest BCUT2D eigenvalue weighted by Crippen LogP contribution is 2.07. The Morgan fingerprint density at radius 3 is 2.57 bits per heavy atom. The van der Waals surface area contributed by atoms with Crippen LogP contribution >= 0.6 is 0 Å². The van der Waals surface area contributed by atoms with E-state index in [4.69, 9.17) is 0 Å². The number of rotatable bonds is 6. The van der Waals surface area contributed by atoms with Crippen LogP contribution in [0.1, 0.15) is 11.1 Å². The molecule has 0 aliphatic rings. The molecule has 0 bridgehead atoms. The van der Waals surface area contributed by atoms with Crippen molar-refractivity contribution in [2.75, 3.05) is 0 Å². The Kier molecular flexibility index (Phi) is 4.97. The zero-order chi connectivity index (χ0) is 19.3. The fourth-order valence-corrected chi connectivity index (χ4v) is 2.98. The van der Waals surface area contributed by atoms with E-state index in [1.165, 1.54) is 10.9 Å². The minimum atomic E-state index is -0.235. The molecule has 7 nitrogen and oxygen atoms in total. The summed E-state index contributed by atoms with van der Waals surface area (Å²) in [6.45, 7) is 1.10. The lowest BCUT2D eigenvalue weighted by Crippen LogP contribution is -2.32. The summed E-state index contributed by atoms with van der Waals surface area (Å²) in [6, 6.07) is 15.1. The van der Waals surface area contributed by atoms with Crippen molar-refractivity contribution < 1.29 is 4.79 Å². The number of fused-ring (bicyclic) bond motifs is 1. The summed E-state index contributed by atoms with van der Waals surface area (Å²) in [4.78, 5) is 32.9. The fraction of sp³-hybridized carbons (Fsp3) is 0.143. The van der Waals surface area contributed by atoms with E-state index in [9.17, 15) is 9.59 Å². The summed E-state index contributed by atoms with van der Waals surface area (Å²) >= 11 is 0. The van der Waals surface area contributed by atoms with Crippen molar-refractivity contribution in [2.45, 2.75) is 19.6 Å². The first kappa shape index (κ1) is 17.7. The third kappa shape index (κ3) is 3.98. The molecule has 2 heterocycles. The molecular formula is C21H19N5O2. The minimum absolute atomic E-state index is 0.0601. The Morgan fingerprint density at radius 2 is 1.79 bits per heavy atom. The number of hydrogen-bond acceptors (Lipinski definition) is 4. The minimum Gasteiger partial charge on any atom is -0.350 e. The van der Waals surface area contributed by atoms with E-state index >= 15 is 0 Å². The summed E-state index contributed by atoms with van der Waals surface area (Å²) in [5.74, 6) is -0.235. The highest BCUT2D eigenvalue weighted by Gasteiger charge is 2.08. The zero-order valence-electron chi connectivity index (χ0n) is 15.2. The van der Waals surface area contributed by atoms with Gasteiger partial charge in [0.15, 0.2) is 0 Å². The van der Waals surface area contributed by atoms with Crippen LogP contribution in [-0.2, 0) is 24.4 Å². The summed E-state index contributed by atoms with van der Waals surface area (Å²) in [6.07, 6.45) is 6.85. The summed E-state index contributed by atoms with van der Waals surface area (Å²) < 4.78 is 3.32. The van der Waals surface area contributed by atoms with Crippen molar-refractivity contribution in [3.05, 3.63) is 95.1 Å². The first-order valence-electron chi connectivity index (χ1n) is 8.93. The Morgan fingerprint density at radius 1 is 1.00 bits per heavy atom. The second kappa shape index (κ2) is 7.87. The van der Waals surface area contributed by atoms with Crippen LogP contribution in [0.25, 0.3) is 10.9 Å². The predicted molar refractivity (Wildman–Crippen MR) is 106 cm³/mol. The van der Waals surface area contributed by atoms with Gasteiger partial charge in [0, 0.05) is 25.5 Å². The van der Waals surface area contributed by atoms with E-state index in [0.717, 1.165) is 17.7 Å². The van der Waals surface area contributed by atoms with Crippen molar-refractivity contribution in [3.63, 3.8) is 0 Å². The van der Waals surface area contributed by atoms with Crippen LogP contribution in [0.2, 0.25) is 0 Å². The molecule has 0 atom stereocenters. The van der Waals surface area contributed by atoms with Gasteiger partial charge < -0.3 is 9.88 Å². The molecule has 2 aromatic heterocycles. The SMILES string of the molecule is O=C(Cn1cnc2ccccc2c1=O)NCc1ccc(Cn2ccnc2)cc1. The number of aromatic nitrogens is 4. The van der Waals surface area contributed by atoms with E-state index in [2.05, 4.69) is 15.3 Å². The maximum absolute atomic E-state index is 12.4. The lowest BCUT2D eigenvalue weighted by molar-refractivity contribution is -0.121. The summed E-state index contributed by atoms with van der Waals surface area (Å²) in [5, 5.41) is 3.35. The molecule has 2 aromatic carbocycles. The first-order valence-corrected chi connectivity index (χ1v) is 8.93. The van der Waals surface area contributed by atoms with Crippen LogP contribution in [0, 0.1) is 0 Å². The van der Waals surface area contributed by atoms with Gasteiger partial charge in [-0.3, -0.25) is 14.2 Å². The molecule has 0 unspecified atom stereocenters. The molecule has 0 radical (unpaired) electrons. The molecule has 4 aromatic rings. The number of amides is 1. The van der Waals surface area contributed by atoms with Crippen molar-refractivity contribution in [1.29, 1.82) is 0 Å². The molecular weight excluding hydrogens is 354 g/mol. The summed E-state index contributed by atoms with van der Waals surface area (Å²) in [5.41, 5.74) is 2.55. The second-order valence-electron chi connectivity index (χ2n) is 6.52. The van der Waals surface area contributed by atoms with Crippen LogP contribution < -0.4 is 10.9 Å². The fourth-order valence-electron chi connectivity index (χ4n) is 2.98. The molecule has 1 amide bonds. The zero-order valence-corrected chi connectivity index (χ0v) is 15.2. The highest BCUT2D eigenvalue weighted by molar-refractivity contribution is 5.78. The number of carbonyl (C=O) groups excluding carboxylic acids is 1. The third-order valence-corrected chi connectivity index (χ3v) is 4.48. The number of nitrogens with zero attached hydrogens (tertiary/aromatic N) is 4. The van der Waals surface area contributed by atoms with Gasteiger partial charge in [0.1, 0.15) is 6.54 Å². The molecule has 7 heteroatoms. The Hall–Kier alpha value is -3.74. The predicted octanol–water partition coefficient (Wildman–Crippen LogP) is 1.96. The average Bonchev–Trinajstić information content (AvgIpc) is 3.23. The number of nitrogens with one attached hydrogen (secondary N) is 1. The summed E-state index contributed by atoms with van der Waals surface area (Å²) in [7, 11) is 0. The lowest BCUT2D eigenvalue weighted by Gasteiger charge is -2.09. The Bertz CT molecular complexity index is 1150. The monoisotopic (exact) mass is 373 g/mol. The number of benzene rings is 2. The van der Waals surface area contributed by atoms with Gasteiger partial charge in [0.2, 0.25) is 5.91 Å². The van der Waals surface area contributed by atoms with Gasteiger partial charge in [-0.25, -0.2) is 9.97 Å². The van der Waals surface area contributed by atoms with E-state index in [-0.39, 0.29) is 18.0 Å². The van der Waals surface area contributed by atoms with Crippen molar-refractivity contribution >= 4 is 16.8 Å². The van der Waals surface area contributed by atoms with Gasteiger partial charge in [-0.05, 0) is 23.3 Å². The number of para-hydroxylation sites is 1. The average molecular weight is 373 g/mol. The van der Waals surface area contributed by atoms with Gasteiger partial charge in [-0.2, -0.15) is 0 Å². The molecule has 0 fully saturated rings. The van der Waals surface area contributed by atoms with Crippen molar-refractivity contribution in [3.8, 4) is 0 Å². The molecule has 140 valence electrons. The molecule has 28 heavy (non-hydrogen) atoms. The molecule has 1 N–H and O–H groups in total. The van der Waals surface area contributed by atoms with E-state index < -0.39 is 0 Å². The molecule has 0 aliphatic heterocycles. The van der Waals surface area contributed by atoms with Crippen molar-refractivity contribution in [1.82, 2.24) is 24.4 Å². The van der Waals surface area contributed by atoms with Gasteiger partial charge in [0.05, 0.1) is 23.6 Å². The number of carbonyl (C=O) groups is 1. The topological polar surface area (TPSA) is 81.8 Å². The van der Waals surface area contributed by atoms with Crippen LogP contribution in [-0.4, -0.2) is 25.0 Å². The van der Waals surface area contributed by atoms with E-state index in [0.29, 0.717) is 17.4 Å². The quantitative estimate of drug-likeness (QED) is 0.560. The number of hydrogen-bond donors (Lipinski definition) is 1. The molecule has 0 saturated carbocycles. The Labute approximate surface area is 161 Å². The smallest absolute Gasteiger partial charge is 0.261 e. The Balaban J connectivity index is 1.35. The lowest BCUT2D eigenvalue weighted by atomic mass is 10.1. The molecule has 4 rings (SSSR count).